The minimum atomic E-state index is -0.230. The van der Waals surface area contributed by atoms with Crippen molar-refractivity contribution in [1.82, 2.24) is 0 Å². The lowest BCUT2D eigenvalue weighted by molar-refractivity contribution is 0.102. The van der Waals surface area contributed by atoms with Gasteiger partial charge in [0.05, 0.1) is 12.7 Å². The van der Waals surface area contributed by atoms with Crippen LogP contribution in [0.1, 0.15) is 15.9 Å². The van der Waals surface area contributed by atoms with E-state index in [1.54, 1.807) is 31.4 Å². The standard InChI is InChI=1S/C22H19NO5/c1-25-19-8-3-2-7-18(19)22(24)23-16-6-4-5-15(11-16)13-26-17-9-10-20-21(12-17)28-14-27-20/h2-12H,13-14H2,1H3,(H,23,24). The van der Waals surface area contributed by atoms with E-state index in [1.807, 2.05) is 42.5 Å². The van der Waals surface area contributed by atoms with Crippen molar-refractivity contribution in [2.75, 3.05) is 19.2 Å². The SMILES string of the molecule is COc1ccccc1C(=O)Nc1cccc(COc2ccc3c(c2)OCO3)c1. The third-order valence-electron chi connectivity index (χ3n) is 4.29. The minimum absolute atomic E-state index is 0.229. The largest absolute Gasteiger partial charge is 0.496 e. The molecule has 0 spiro atoms. The summed E-state index contributed by atoms with van der Waals surface area (Å²) in [7, 11) is 1.54. The summed E-state index contributed by atoms with van der Waals surface area (Å²) in [6, 6.07) is 20.1. The van der Waals surface area contributed by atoms with Gasteiger partial charge in [-0.2, -0.15) is 0 Å². The van der Waals surface area contributed by atoms with Crippen LogP contribution in [0.15, 0.2) is 66.7 Å². The van der Waals surface area contributed by atoms with Crippen molar-refractivity contribution in [1.29, 1.82) is 0 Å². The molecule has 1 heterocycles. The van der Waals surface area contributed by atoms with Crippen molar-refractivity contribution in [2.45, 2.75) is 6.61 Å². The number of hydrogen-bond acceptors (Lipinski definition) is 5. The van der Waals surface area contributed by atoms with Gasteiger partial charge in [0.15, 0.2) is 11.5 Å². The number of anilines is 1. The molecular formula is C22H19NO5. The molecule has 1 amide bonds. The Hall–Kier alpha value is -3.67. The summed E-state index contributed by atoms with van der Waals surface area (Å²) in [6.07, 6.45) is 0. The lowest BCUT2D eigenvalue weighted by Crippen LogP contribution is -2.13. The van der Waals surface area contributed by atoms with Crippen molar-refractivity contribution in [3.05, 3.63) is 77.9 Å². The van der Waals surface area contributed by atoms with Gasteiger partial charge in [-0.15, -0.1) is 0 Å². The number of fused-ring (bicyclic) bond motifs is 1. The molecule has 28 heavy (non-hydrogen) atoms. The molecule has 1 N–H and O–H groups in total. The van der Waals surface area contributed by atoms with Crippen LogP contribution >= 0.6 is 0 Å². The molecule has 1 aliphatic rings. The first-order chi connectivity index (χ1) is 13.7. The summed E-state index contributed by atoms with van der Waals surface area (Å²) in [5.74, 6) is 2.38. The molecule has 0 fully saturated rings. The average molecular weight is 377 g/mol. The smallest absolute Gasteiger partial charge is 0.259 e. The molecule has 3 aromatic rings. The first-order valence-corrected chi connectivity index (χ1v) is 8.79. The second-order valence-electron chi connectivity index (χ2n) is 6.16. The minimum Gasteiger partial charge on any atom is -0.496 e. The Bertz CT molecular complexity index is 1000. The number of nitrogens with one attached hydrogen (secondary N) is 1. The van der Waals surface area contributed by atoms with Crippen LogP contribution in [0.2, 0.25) is 0 Å². The molecule has 0 aromatic heterocycles. The topological polar surface area (TPSA) is 66.0 Å². The van der Waals surface area contributed by atoms with E-state index in [1.165, 1.54) is 0 Å². The van der Waals surface area contributed by atoms with Gasteiger partial charge in [-0.1, -0.05) is 24.3 Å². The van der Waals surface area contributed by atoms with Gasteiger partial charge in [0, 0.05) is 11.8 Å². The Balaban J connectivity index is 1.42. The molecule has 6 nitrogen and oxygen atoms in total. The number of hydrogen-bond donors (Lipinski definition) is 1. The predicted molar refractivity (Wildman–Crippen MR) is 104 cm³/mol. The number of carbonyl (C=O) groups is 1. The summed E-state index contributed by atoms with van der Waals surface area (Å²) < 4.78 is 21.7. The van der Waals surface area contributed by atoms with Crippen LogP contribution in [-0.4, -0.2) is 19.8 Å². The molecule has 4 rings (SSSR count). The lowest BCUT2D eigenvalue weighted by atomic mass is 10.1. The van der Waals surface area contributed by atoms with Gasteiger partial charge in [0.2, 0.25) is 6.79 Å². The van der Waals surface area contributed by atoms with E-state index in [0.29, 0.717) is 40.9 Å². The van der Waals surface area contributed by atoms with Crippen LogP contribution < -0.4 is 24.3 Å². The van der Waals surface area contributed by atoms with Crippen molar-refractivity contribution >= 4 is 11.6 Å². The van der Waals surface area contributed by atoms with Gasteiger partial charge in [0.1, 0.15) is 18.1 Å². The quantitative estimate of drug-likeness (QED) is 0.695. The van der Waals surface area contributed by atoms with Gasteiger partial charge in [-0.3, -0.25) is 4.79 Å². The van der Waals surface area contributed by atoms with Gasteiger partial charge < -0.3 is 24.3 Å². The van der Waals surface area contributed by atoms with Crippen molar-refractivity contribution in [2.24, 2.45) is 0 Å². The summed E-state index contributed by atoms with van der Waals surface area (Å²) in [5.41, 5.74) is 2.09. The highest BCUT2D eigenvalue weighted by molar-refractivity contribution is 6.06. The van der Waals surface area contributed by atoms with Crippen LogP contribution in [0.5, 0.6) is 23.0 Å². The fraction of sp³-hybridized carbons (Fsp3) is 0.136. The Morgan fingerprint density at radius 1 is 1.00 bits per heavy atom. The normalized spacial score (nSPS) is 11.8. The number of benzene rings is 3. The Kier molecular flexibility index (Phi) is 5.01. The number of amides is 1. The molecule has 3 aromatic carbocycles. The molecule has 1 aliphatic heterocycles. The molecule has 6 heteroatoms. The van der Waals surface area contributed by atoms with Gasteiger partial charge in [-0.25, -0.2) is 0 Å². The fourth-order valence-corrected chi connectivity index (χ4v) is 2.90. The summed E-state index contributed by atoms with van der Waals surface area (Å²) >= 11 is 0. The van der Waals surface area contributed by atoms with E-state index in [-0.39, 0.29) is 12.7 Å². The van der Waals surface area contributed by atoms with Crippen LogP contribution in [0, 0.1) is 0 Å². The number of rotatable bonds is 6. The maximum Gasteiger partial charge on any atom is 0.259 e. The van der Waals surface area contributed by atoms with Crippen molar-refractivity contribution in [3.8, 4) is 23.0 Å². The zero-order chi connectivity index (χ0) is 19.3. The Labute approximate surface area is 162 Å². The van der Waals surface area contributed by atoms with Crippen LogP contribution in [0.4, 0.5) is 5.69 Å². The monoisotopic (exact) mass is 377 g/mol. The number of para-hydroxylation sites is 1. The highest BCUT2D eigenvalue weighted by Crippen LogP contribution is 2.35. The summed E-state index contributed by atoms with van der Waals surface area (Å²) in [6.45, 7) is 0.588. The third-order valence-corrected chi connectivity index (χ3v) is 4.29. The highest BCUT2D eigenvalue weighted by atomic mass is 16.7. The van der Waals surface area contributed by atoms with Crippen LogP contribution in [0.3, 0.4) is 0 Å². The molecule has 0 bridgehead atoms. The third kappa shape index (κ3) is 3.86. The van der Waals surface area contributed by atoms with E-state index in [4.69, 9.17) is 18.9 Å². The Morgan fingerprint density at radius 3 is 2.75 bits per heavy atom. The molecule has 0 saturated heterocycles. The first-order valence-electron chi connectivity index (χ1n) is 8.79. The maximum atomic E-state index is 12.5. The zero-order valence-corrected chi connectivity index (χ0v) is 15.3. The van der Waals surface area contributed by atoms with E-state index in [2.05, 4.69) is 5.32 Å². The summed E-state index contributed by atoms with van der Waals surface area (Å²) in [5, 5.41) is 2.89. The number of ether oxygens (including phenoxy) is 4. The molecule has 0 saturated carbocycles. The van der Waals surface area contributed by atoms with Gasteiger partial charge in [0.25, 0.3) is 5.91 Å². The van der Waals surface area contributed by atoms with Gasteiger partial charge >= 0.3 is 0 Å². The maximum absolute atomic E-state index is 12.5. The molecule has 0 aliphatic carbocycles. The van der Waals surface area contributed by atoms with Crippen molar-refractivity contribution < 1.29 is 23.7 Å². The fourth-order valence-electron chi connectivity index (χ4n) is 2.90. The second kappa shape index (κ2) is 7.92. The van der Waals surface area contributed by atoms with E-state index in [0.717, 1.165) is 5.56 Å². The molecule has 0 radical (unpaired) electrons. The lowest BCUT2D eigenvalue weighted by Gasteiger charge is -2.11. The molecule has 0 atom stereocenters. The van der Waals surface area contributed by atoms with Crippen LogP contribution in [-0.2, 0) is 6.61 Å². The number of methoxy groups -OCH3 is 1. The second-order valence-corrected chi connectivity index (χ2v) is 6.16. The Morgan fingerprint density at radius 2 is 1.86 bits per heavy atom. The number of carbonyl (C=O) groups excluding carboxylic acids is 1. The molecular weight excluding hydrogens is 358 g/mol. The predicted octanol–water partition coefficient (Wildman–Crippen LogP) is 4.26. The zero-order valence-electron chi connectivity index (χ0n) is 15.3. The average Bonchev–Trinajstić information content (AvgIpc) is 3.20. The summed E-state index contributed by atoms with van der Waals surface area (Å²) in [4.78, 5) is 12.5. The highest BCUT2D eigenvalue weighted by Gasteiger charge is 2.14. The first kappa shape index (κ1) is 17.7. The molecule has 0 unspecified atom stereocenters. The van der Waals surface area contributed by atoms with Crippen LogP contribution in [0.25, 0.3) is 0 Å². The van der Waals surface area contributed by atoms with E-state index in [9.17, 15) is 4.79 Å². The van der Waals surface area contributed by atoms with E-state index >= 15 is 0 Å². The van der Waals surface area contributed by atoms with Crippen molar-refractivity contribution in [3.63, 3.8) is 0 Å². The van der Waals surface area contributed by atoms with E-state index < -0.39 is 0 Å². The van der Waals surface area contributed by atoms with Gasteiger partial charge in [-0.05, 0) is 42.0 Å². The molecule has 142 valence electrons.